The summed E-state index contributed by atoms with van der Waals surface area (Å²) in [7, 11) is 2.13. The van der Waals surface area contributed by atoms with Gasteiger partial charge >= 0.3 is 0 Å². The number of carbonyl (C=O) groups is 1. The lowest BCUT2D eigenvalue weighted by molar-refractivity contribution is 0.0896. The van der Waals surface area contributed by atoms with Crippen LogP contribution in [-0.4, -0.2) is 36.5 Å². The molecular formula is C14H18Br2N2O. The van der Waals surface area contributed by atoms with Gasteiger partial charge in [0.15, 0.2) is 0 Å². The Morgan fingerprint density at radius 3 is 2.53 bits per heavy atom. The number of nitrogens with one attached hydrogen (secondary N) is 1. The van der Waals surface area contributed by atoms with Gasteiger partial charge in [0, 0.05) is 33.1 Å². The highest BCUT2D eigenvalue weighted by molar-refractivity contribution is 9.11. The Morgan fingerprint density at radius 1 is 1.32 bits per heavy atom. The predicted molar refractivity (Wildman–Crippen MR) is 84.4 cm³/mol. The van der Waals surface area contributed by atoms with E-state index in [-0.39, 0.29) is 11.9 Å². The van der Waals surface area contributed by atoms with Crippen LogP contribution in [-0.2, 0) is 0 Å². The van der Waals surface area contributed by atoms with Crippen LogP contribution in [0.3, 0.4) is 0 Å². The monoisotopic (exact) mass is 388 g/mol. The third-order valence-electron chi connectivity index (χ3n) is 3.67. The first-order valence-corrected chi connectivity index (χ1v) is 8.01. The van der Waals surface area contributed by atoms with Crippen LogP contribution in [0.15, 0.2) is 27.1 Å². The highest BCUT2D eigenvalue weighted by Gasteiger charge is 2.24. The Morgan fingerprint density at radius 2 is 1.95 bits per heavy atom. The van der Waals surface area contributed by atoms with Gasteiger partial charge in [-0.15, -0.1) is 0 Å². The molecule has 3 nitrogen and oxygen atoms in total. The molecule has 0 saturated carbocycles. The van der Waals surface area contributed by atoms with Crippen molar-refractivity contribution in [1.82, 2.24) is 10.2 Å². The normalized spacial score (nSPS) is 24.2. The van der Waals surface area contributed by atoms with Crippen molar-refractivity contribution in [3.63, 3.8) is 0 Å². The minimum absolute atomic E-state index is 0.00348. The van der Waals surface area contributed by atoms with Crippen molar-refractivity contribution in [2.24, 2.45) is 0 Å². The Bertz CT molecular complexity index is 458. The molecule has 2 unspecified atom stereocenters. The van der Waals surface area contributed by atoms with Crippen LogP contribution in [0.1, 0.15) is 30.1 Å². The van der Waals surface area contributed by atoms with E-state index in [0.717, 1.165) is 28.3 Å². The smallest absolute Gasteiger partial charge is 0.251 e. The molecule has 2 atom stereocenters. The third kappa shape index (κ3) is 4.04. The number of amides is 1. The fraction of sp³-hybridized carbons (Fsp3) is 0.500. The van der Waals surface area contributed by atoms with Gasteiger partial charge < -0.3 is 10.2 Å². The first kappa shape index (κ1) is 15.0. The fourth-order valence-electron chi connectivity index (χ4n) is 2.37. The third-order valence-corrected chi connectivity index (χ3v) is 4.58. The van der Waals surface area contributed by atoms with Gasteiger partial charge in [-0.1, -0.05) is 31.9 Å². The SMILES string of the molecule is CC1CC(NC(=O)c2cc(Br)cc(Br)c2)CCN1C. The van der Waals surface area contributed by atoms with E-state index in [1.54, 1.807) is 0 Å². The average Bonchev–Trinajstić information content (AvgIpc) is 2.32. The van der Waals surface area contributed by atoms with Gasteiger partial charge in [-0.25, -0.2) is 0 Å². The molecule has 0 aliphatic carbocycles. The van der Waals surface area contributed by atoms with Crippen LogP contribution in [0.4, 0.5) is 0 Å². The summed E-state index contributed by atoms with van der Waals surface area (Å²) in [6.07, 6.45) is 2.03. The van der Waals surface area contributed by atoms with Gasteiger partial charge in [0.1, 0.15) is 0 Å². The Balaban J connectivity index is 2.01. The maximum absolute atomic E-state index is 12.2. The highest BCUT2D eigenvalue weighted by Crippen LogP contribution is 2.21. The zero-order valence-electron chi connectivity index (χ0n) is 11.1. The van der Waals surface area contributed by atoms with Gasteiger partial charge in [-0.2, -0.15) is 0 Å². The lowest BCUT2D eigenvalue weighted by atomic mass is 9.98. The second-order valence-corrected chi connectivity index (χ2v) is 7.01. The van der Waals surface area contributed by atoms with Gasteiger partial charge in [0.25, 0.3) is 5.91 Å². The van der Waals surface area contributed by atoms with Crippen molar-refractivity contribution in [2.75, 3.05) is 13.6 Å². The number of hydrogen-bond acceptors (Lipinski definition) is 2. The molecule has 0 bridgehead atoms. The molecule has 19 heavy (non-hydrogen) atoms. The maximum Gasteiger partial charge on any atom is 0.251 e. The molecule has 1 aliphatic heterocycles. The zero-order chi connectivity index (χ0) is 14.0. The molecular weight excluding hydrogens is 372 g/mol. The van der Waals surface area contributed by atoms with Gasteiger partial charge in [-0.05, 0) is 45.0 Å². The lowest BCUT2D eigenvalue weighted by Crippen LogP contribution is -2.47. The summed E-state index contributed by atoms with van der Waals surface area (Å²) < 4.78 is 1.81. The quantitative estimate of drug-likeness (QED) is 0.840. The van der Waals surface area contributed by atoms with Crippen LogP contribution >= 0.6 is 31.9 Å². The standard InChI is InChI=1S/C14H18Br2N2O/c1-9-5-13(3-4-18(9)2)17-14(19)10-6-11(15)8-12(16)7-10/h6-9,13H,3-5H2,1-2H3,(H,17,19). The highest BCUT2D eigenvalue weighted by atomic mass is 79.9. The van der Waals surface area contributed by atoms with Crippen molar-refractivity contribution in [2.45, 2.75) is 31.8 Å². The lowest BCUT2D eigenvalue weighted by Gasteiger charge is -2.35. The van der Waals surface area contributed by atoms with Crippen molar-refractivity contribution in [3.05, 3.63) is 32.7 Å². The number of benzene rings is 1. The molecule has 0 spiro atoms. The number of nitrogens with zero attached hydrogens (tertiary/aromatic N) is 1. The first-order chi connectivity index (χ1) is 8.95. The molecule has 1 saturated heterocycles. The summed E-state index contributed by atoms with van der Waals surface area (Å²) in [6.45, 7) is 3.24. The van der Waals surface area contributed by atoms with Crippen LogP contribution in [0, 0.1) is 0 Å². The summed E-state index contributed by atoms with van der Waals surface area (Å²) >= 11 is 6.81. The van der Waals surface area contributed by atoms with E-state index in [1.807, 2.05) is 18.2 Å². The van der Waals surface area contributed by atoms with Gasteiger partial charge in [0.2, 0.25) is 0 Å². The van der Waals surface area contributed by atoms with Crippen LogP contribution in [0.2, 0.25) is 0 Å². The zero-order valence-corrected chi connectivity index (χ0v) is 14.3. The second-order valence-electron chi connectivity index (χ2n) is 5.18. The summed E-state index contributed by atoms with van der Waals surface area (Å²) in [5.41, 5.74) is 0.688. The number of rotatable bonds is 2. The molecule has 1 N–H and O–H groups in total. The minimum atomic E-state index is 0.00348. The van der Waals surface area contributed by atoms with E-state index in [9.17, 15) is 4.79 Å². The summed E-state index contributed by atoms with van der Waals surface area (Å²) in [5.74, 6) is 0.00348. The Hall–Kier alpha value is -0.390. The molecule has 1 fully saturated rings. The fourth-order valence-corrected chi connectivity index (χ4v) is 3.67. The van der Waals surface area contributed by atoms with Crippen LogP contribution < -0.4 is 5.32 Å². The predicted octanol–water partition coefficient (Wildman–Crippen LogP) is 3.42. The van der Waals surface area contributed by atoms with Crippen molar-refractivity contribution >= 4 is 37.8 Å². The van der Waals surface area contributed by atoms with E-state index < -0.39 is 0 Å². The molecule has 0 aromatic heterocycles. The molecule has 1 aromatic carbocycles. The van der Waals surface area contributed by atoms with Crippen LogP contribution in [0.25, 0.3) is 0 Å². The number of likely N-dealkylation sites (tertiary alicyclic amines) is 1. The first-order valence-electron chi connectivity index (χ1n) is 6.43. The van der Waals surface area contributed by atoms with Crippen molar-refractivity contribution in [1.29, 1.82) is 0 Å². The van der Waals surface area contributed by atoms with Crippen LogP contribution in [0.5, 0.6) is 0 Å². The summed E-state index contributed by atoms with van der Waals surface area (Å²) in [5, 5.41) is 3.13. The number of halogens is 2. The number of carbonyl (C=O) groups excluding carboxylic acids is 1. The second kappa shape index (κ2) is 6.37. The molecule has 1 aliphatic rings. The minimum Gasteiger partial charge on any atom is -0.349 e. The largest absolute Gasteiger partial charge is 0.349 e. The van der Waals surface area contributed by atoms with E-state index in [0.29, 0.717) is 11.6 Å². The summed E-state index contributed by atoms with van der Waals surface area (Å²) in [4.78, 5) is 14.6. The molecule has 0 radical (unpaired) electrons. The average molecular weight is 390 g/mol. The van der Waals surface area contributed by atoms with E-state index in [1.165, 1.54) is 0 Å². The molecule has 2 rings (SSSR count). The summed E-state index contributed by atoms with van der Waals surface area (Å²) in [6, 6.07) is 6.41. The van der Waals surface area contributed by atoms with E-state index >= 15 is 0 Å². The van der Waals surface area contributed by atoms with Gasteiger partial charge in [-0.3, -0.25) is 4.79 Å². The van der Waals surface area contributed by atoms with E-state index in [2.05, 4.69) is 56.0 Å². The Kier molecular flexibility index (Phi) is 5.03. The number of hydrogen-bond donors (Lipinski definition) is 1. The number of piperidine rings is 1. The molecule has 5 heteroatoms. The maximum atomic E-state index is 12.2. The van der Waals surface area contributed by atoms with Crippen molar-refractivity contribution < 1.29 is 4.79 Å². The molecule has 1 aromatic rings. The molecule has 104 valence electrons. The molecule has 1 heterocycles. The Labute approximate surface area is 131 Å². The topological polar surface area (TPSA) is 32.3 Å². The van der Waals surface area contributed by atoms with Crippen molar-refractivity contribution in [3.8, 4) is 0 Å². The molecule has 1 amide bonds. The van der Waals surface area contributed by atoms with Gasteiger partial charge in [0.05, 0.1) is 0 Å². The van der Waals surface area contributed by atoms with E-state index in [4.69, 9.17) is 0 Å².